The highest BCUT2D eigenvalue weighted by atomic mass is 16.2. The van der Waals surface area contributed by atoms with Crippen LogP contribution in [0.1, 0.15) is 46.6 Å². The highest BCUT2D eigenvalue weighted by molar-refractivity contribution is 5.95. The zero-order valence-electron chi connectivity index (χ0n) is 20.3. The lowest BCUT2D eigenvalue weighted by Gasteiger charge is -2.39. The van der Waals surface area contributed by atoms with Crippen LogP contribution in [-0.4, -0.2) is 51.7 Å². The molecule has 1 saturated heterocycles. The minimum atomic E-state index is 0.0891. The number of para-hydroxylation sites is 1. The number of hydrogen-bond acceptors (Lipinski definition) is 3. The minimum Gasteiger partial charge on any atom is -0.336 e. The van der Waals surface area contributed by atoms with Gasteiger partial charge in [0.1, 0.15) is 0 Å². The van der Waals surface area contributed by atoms with Crippen molar-refractivity contribution in [2.24, 2.45) is 0 Å². The van der Waals surface area contributed by atoms with Crippen molar-refractivity contribution in [1.29, 1.82) is 0 Å². The lowest BCUT2D eigenvalue weighted by Crippen LogP contribution is -2.50. The molecule has 1 aromatic heterocycles. The molecular weight excluding hydrogens is 432 g/mol. The van der Waals surface area contributed by atoms with Crippen molar-refractivity contribution in [3.8, 4) is 5.69 Å². The first-order valence-electron chi connectivity index (χ1n) is 12.5. The van der Waals surface area contributed by atoms with Crippen LogP contribution in [-0.2, 0) is 6.42 Å². The van der Waals surface area contributed by atoms with Crippen LogP contribution in [0.5, 0.6) is 0 Å². The molecule has 0 bridgehead atoms. The molecule has 5 rings (SSSR count). The number of amides is 1. The van der Waals surface area contributed by atoms with Crippen LogP contribution in [0.15, 0.2) is 97.2 Å². The molecule has 5 heteroatoms. The standard InChI is InChI=1S/C30H32N4O/c1-2-12-28-27(23-31-34(28)26-17-10-5-11-18-26)30(35)33-21-19-32(20-22-33)29(24-13-6-3-7-14-24)25-15-8-4-9-16-25/h3-11,13-18,23,29H,2,12,19-22H2,1H3. The van der Waals surface area contributed by atoms with Gasteiger partial charge in [0, 0.05) is 26.2 Å². The van der Waals surface area contributed by atoms with E-state index in [1.165, 1.54) is 11.1 Å². The molecule has 0 atom stereocenters. The molecule has 1 amide bonds. The molecule has 2 heterocycles. The van der Waals surface area contributed by atoms with Gasteiger partial charge >= 0.3 is 0 Å². The maximum atomic E-state index is 13.6. The quantitative estimate of drug-likeness (QED) is 0.369. The topological polar surface area (TPSA) is 41.4 Å². The molecule has 35 heavy (non-hydrogen) atoms. The van der Waals surface area contributed by atoms with Gasteiger partial charge in [-0.1, -0.05) is 92.2 Å². The molecule has 1 aliphatic rings. The Morgan fingerprint density at radius 1 is 0.800 bits per heavy atom. The fourth-order valence-electron chi connectivity index (χ4n) is 5.06. The maximum absolute atomic E-state index is 13.6. The fraction of sp³-hybridized carbons (Fsp3) is 0.267. The summed E-state index contributed by atoms with van der Waals surface area (Å²) in [5.74, 6) is 0.0891. The molecule has 0 N–H and O–H groups in total. The third kappa shape index (κ3) is 4.91. The smallest absolute Gasteiger partial charge is 0.257 e. The van der Waals surface area contributed by atoms with Crippen LogP contribution in [0.2, 0.25) is 0 Å². The van der Waals surface area contributed by atoms with Gasteiger partial charge in [-0.3, -0.25) is 9.69 Å². The van der Waals surface area contributed by atoms with E-state index in [-0.39, 0.29) is 11.9 Å². The highest BCUT2D eigenvalue weighted by Gasteiger charge is 2.30. The number of nitrogens with zero attached hydrogens (tertiary/aromatic N) is 4. The monoisotopic (exact) mass is 464 g/mol. The molecule has 0 unspecified atom stereocenters. The average Bonchev–Trinajstić information content (AvgIpc) is 3.34. The Labute approximate surface area is 207 Å². The van der Waals surface area contributed by atoms with Crippen LogP contribution in [0.25, 0.3) is 5.69 Å². The van der Waals surface area contributed by atoms with Crippen molar-refractivity contribution < 1.29 is 4.79 Å². The Hall–Kier alpha value is -3.70. The number of carbonyl (C=O) groups excluding carboxylic acids is 1. The van der Waals surface area contributed by atoms with Crippen LogP contribution in [0, 0.1) is 0 Å². The van der Waals surface area contributed by atoms with Crippen molar-refractivity contribution in [2.75, 3.05) is 26.2 Å². The van der Waals surface area contributed by atoms with Gasteiger partial charge in [-0.05, 0) is 29.7 Å². The molecule has 0 aliphatic carbocycles. The second-order valence-electron chi connectivity index (χ2n) is 9.05. The lowest BCUT2D eigenvalue weighted by molar-refractivity contribution is 0.0596. The van der Waals surface area contributed by atoms with E-state index in [0.29, 0.717) is 13.1 Å². The third-order valence-corrected chi connectivity index (χ3v) is 6.78. The molecule has 0 saturated carbocycles. The zero-order valence-corrected chi connectivity index (χ0v) is 20.3. The van der Waals surface area contributed by atoms with Crippen LogP contribution >= 0.6 is 0 Å². The molecule has 1 aliphatic heterocycles. The summed E-state index contributed by atoms with van der Waals surface area (Å²) in [5, 5.41) is 4.60. The van der Waals surface area contributed by atoms with Gasteiger partial charge < -0.3 is 4.90 Å². The lowest BCUT2D eigenvalue weighted by atomic mass is 9.96. The first-order chi connectivity index (χ1) is 17.3. The van der Waals surface area contributed by atoms with Gasteiger partial charge in [0.2, 0.25) is 0 Å². The summed E-state index contributed by atoms with van der Waals surface area (Å²) >= 11 is 0. The Morgan fingerprint density at radius 3 is 1.89 bits per heavy atom. The van der Waals surface area contributed by atoms with Crippen LogP contribution < -0.4 is 0 Å². The van der Waals surface area contributed by atoms with E-state index in [1.54, 1.807) is 6.20 Å². The summed E-state index contributed by atoms with van der Waals surface area (Å²) in [4.78, 5) is 18.1. The summed E-state index contributed by atoms with van der Waals surface area (Å²) < 4.78 is 1.92. The molecule has 3 aromatic carbocycles. The second kappa shape index (κ2) is 10.7. The summed E-state index contributed by atoms with van der Waals surface area (Å²) in [6.07, 6.45) is 3.53. The Kier molecular flexibility index (Phi) is 7.05. The van der Waals surface area contributed by atoms with Gasteiger partial charge in [0.25, 0.3) is 5.91 Å². The highest BCUT2D eigenvalue weighted by Crippen LogP contribution is 2.30. The van der Waals surface area contributed by atoms with Crippen molar-refractivity contribution in [3.63, 3.8) is 0 Å². The number of piperazine rings is 1. The Bertz CT molecular complexity index is 1190. The molecule has 0 radical (unpaired) electrons. The number of aromatic nitrogens is 2. The summed E-state index contributed by atoms with van der Waals surface area (Å²) in [6.45, 7) is 5.21. The molecular formula is C30H32N4O. The largest absolute Gasteiger partial charge is 0.336 e. The number of hydrogen-bond donors (Lipinski definition) is 0. The van der Waals surface area contributed by atoms with E-state index in [2.05, 4.69) is 77.6 Å². The van der Waals surface area contributed by atoms with Crippen molar-refractivity contribution >= 4 is 5.91 Å². The normalized spacial score (nSPS) is 14.4. The first-order valence-corrected chi connectivity index (χ1v) is 12.5. The van der Waals surface area contributed by atoms with Crippen molar-refractivity contribution in [1.82, 2.24) is 19.6 Å². The molecule has 4 aromatic rings. The van der Waals surface area contributed by atoms with Gasteiger partial charge in [0.05, 0.1) is 29.2 Å². The number of carbonyl (C=O) groups is 1. The maximum Gasteiger partial charge on any atom is 0.257 e. The molecule has 0 spiro atoms. The van der Waals surface area contributed by atoms with Crippen LogP contribution in [0.4, 0.5) is 0 Å². The van der Waals surface area contributed by atoms with Gasteiger partial charge in [-0.15, -0.1) is 0 Å². The van der Waals surface area contributed by atoms with Gasteiger partial charge in [-0.25, -0.2) is 4.68 Å². The van der Waals surface area contributed by atoms with Gasteiger partial charge in [0.15, 0.2) is 0 Å². The van der Waals surface area contributed by atoms with E-state index >= 15 is 0 Å². The fourth-order valence-corrected chi connectivity index (χ4v) is 5.06. The minimum absolute atomic E-state index is 0.0891. The van der Waals surface area contributed by atoms with Gasteiger partial charge in [-0.2, -0.15) is 5.10 Å². The van der Waals surface area contributed by atoms with Crippen molar-refractivity contribution in [3.05, 3.63) is 120 Å². The number of benzene rings is 3. The first kappa shape index (κ1) is 23.1. The predicted molar refractivity (Wildman–Crippen MR) is 140 cm³/mol. The second-order valence-corrected chi connectivity index (χ2v) is 9.05. The van der Waals surface area contributed by atoms with E-state index in [9.17, 15) is 4.79 Å². The molecule has 5 nitrogen and oxygen atoms in total. The predicted octanol–water partition coefficient (Wildman–Crippen LogP) is 5.37. The molecule has 1 fully saturated rings. The average molecular weight is 465 g/mol. The van der Waals surface area contributed by atoms with Crippen molar-refractivity contribution in [2.45, 2.75) is 25.8 Å². The summed E-state index contributed by atoms with van der Waals surface area (Å²) in [5.41, 5.74) is 5.29. The SMILES string of the molecule is CCCc1c(C(=O)N2CCN(C(c3ccccc3)c3ccccc3)CC2)cnn1-c1ccccc1. The zero-order chi connectivity index (χ0) is 24.0. The van der Waals surface area contributed by atoms with E-state index in [1.807, 2.05) is 39.9 Å². The van der Waals surface area contributed by atoms with E-state index in [0.717, 1.165) is 42.9 Å². The van der Waals surface area contributed by atoms with E-state index < -0.39 is 0 Å². The summed E-state index contributed by atoms with van der Waals surface area (Å²) in [7, 11) is 0. The van der Waals surface area contributed by atoms with E-state index in [4.69, 9.17) is 0 Å². The molecule has 178 valence electrons. The summed E-state index contributed by atoms with van der Waals surface area (Å²) in [6, 6.07) is 31.6. The number of rotatable bonds is 7. The Balaban J connectivity index is 1.35. The van der Waals surface area contributed by atoms with Crippen LogP contribution in [0.3, 0.4) is 0 Å². The Morgan fingerprint density at radius 2 is 1.34 bits per heavy atom. The third-order valence-electron chi connectivity index (χ3n) is 6.78.